The number of nitrogens with zero attached hydrogens (tertiary/aromatic N) is 3. The summed E-state index contributed by atoms with van der Waals surface area (Å²) in [5.41, 5.74) is 2.37. The van der Waals surface area contributed by atoms with E-state index in [0.717, 1.165) is 33.2 Å². The van der Waals surface area contributed by atoms with Crippen molar-refractivity contribution < 1.29 is 0 Å². The molecule has 5 nitrogen and oxygen atoms in total. The number of hydrogen-bond acceptors (Lipinski definition) is 3. The summed E-state index contributed by atoms with van der Waals surface area (Å²) < 4.78 is 1.75. The van der Waals surface area contributed by atoms with Gasteiger partial charge in [0.2, 0.25) is 0 Å². The highest BCUT2D eigenvalue weighted by molar-refractivity contribution is 6.35. The lowest BCUT2D eigenvalue weighted by Crippen LogP contribution is -2.27. The normalized spacial score (nSPS) is 13.6. The molecule has 0 aliphatic carbocycles. The third kappa shape index (κ3) is 3.97. The second kappa shape index (κ2) is 8.74. The summed E-state index contributed by atoms with van der Waals surface area (Å²) in [5, 5.41) is 3.25. The highest BCUT2D eigenvalue weighted by Crippen LogP contribution is 2.29. The Labute approximate surface area is 185 Å². The lowest BCUT2D eigenvalue weighted by molar-refractivity contribution is 0.712. The van der Waals surface area contributed by atoms with Crippen LogP contribution in [0.5, 0.6) is 0 Å². The molecule has 0 fully saturated rings. The van der Waals surface area contributed by atoms with Gasteiger partial charge in [-0.3, -0.25) is 14.4 Å². The Morgan fingerprint density at radius 1 is 1.26 bits per heavy atom. The van der Waals surface area contributed by atoms with E-state index in [2.05, 4.69) is 28.5 Å². The molecular formula is C25H23ClN4O. The van der Waals surface area contributed by atoms with E-state index in [-0.39, 0.29) is 11.5 Å². The molecule has 6 heteroatoms. The molecule has 0 spiro atoms. The number of nitrogens with one attached hydrogen (secondary N) is 1. The molecule has 0 saturated heterocycles. The van der Waals surface area contributed by atoms with Crippen LogP contribution >= 0.6 is 11.6 Å². The van der Waals surface area contributed by atoms with Crippen molar-refractivity contribution >= 4 is 40.9 Å². The van der Waals surface area contributed by atoms with Crippen LogP contribution in [0.3, 0.4) is 0 Å². The fraction of sp³-hybridized carbons (Fsp3) is 0.160. The molecule has 1 atom stereocenters. The van der Waals surface area contributed by atoms with E-state index in [1.807, 2.05) is 55.5 Å². The van der Waals surface area contributed by atoms with Gasteiger partial charge >= 0.3 is 0 Å². The molecule has 2 aromatic carbocycles. The highest BCUT2D eigenvalue weighted by Gasteiger charge is 2.19. The van der Waals surface area contributed by atoms with Crippen LogP contribution in [0.15, 0.2) is 70.7 Å². The lowest BCUT2D eigenvalue weighted by Gasteiger charge is -2.20. The molecule has 0 bridgehead atoms. The van der Waals surface area contributed by atoms with Gasteiger partial charge < -0.3 is 4.98 Å². The number of H-pyrrole nitrogens is 1. The molecule has 1 N–H and O–H groups in total. The van der Waals surface area contributed by atoms with Crippen LogP contribution in [0.25, 0.3) is 28.7 Å². The number of aromatic amines is 1. The molecule has 0 amide bonds. The monoisotopic (exact) mass is 430 g/mol. The minimum absolute atomic E-state index is 0.0221. The average Bonchev–Trinajstić information content (AvgIpc) is 3.19. The topological polar surface area (TPSA) is 63.0 Å². The second-order valence-corrected chi connectivity index (χ2v) is 7.83. The summed E-state index contributed by atoms with van der Waals surface area (Å²) in [6, 6.07) is 17.2. The Morgan fingerprint density at radius 3 is 2.71 bits per heavy atom. The average molecular weight is 431 g/mol. The van der Waals surface area contributed by atoms with Gasteiger partial charge in [0.05, 0.1) is 27.8 Å². The number of halogens is 1. The van der Waals surface area contributed by atoms with Crippen molar-refractivity contribution in [3.05, 3.63) is 92.7 Å². The summed E-state index contributed by atoms with van der Waals surface area (Å²) in [5.74, 6) is -0.0221. The third-order valence-corrected chi connectivity index (χ3v) is 5.63. The van der Waals surface area contributed by atoms with Crippen molar-refractivity contribution in [3.63, 3.8) is 0 Å². The lowest BCUT2D eigenvalue weighted by atomic mass is 9.97. The summed E-state index contributed by atoms with van der Waals surface area (Å²) >= 11 is 6.41. The molecular weight excluding hydrogens is 408 g/mol. The van der Waals surface area contributed by atoms with Crippen LogP contribution in [0, 0.1) is 0 Å². The van der Waals surface area contributed by atoms with Gasteiger partial charge in [0.1, 0.15) is 5.35 Å². The van der Waals surface area contributed by atoms with Crippen molar-refractivity contribution in [2.45, 2.75) is 26.2 Å². The summed E-state index contributed by atoms with van der Waals surface area (Å²) in [6.07, 6.45) is 3.96. The van der Waals surface area contributed by atoms with Gasteiger partial charge in [0.15, 0.2) is 0 Å². The number of aromatic nitrogens is 3. The number of imidazole rings is 1. The van der Waals surface area contributed by atoms with E-state index in [9.17, 15) is 4.79 Å². The maximum atomic E-state index is 13.6. The van der Waals surface area contributed by atoms with E-state index < -0.39 is 0 Å². The number of aliphatic imine (C=N–C) groups is 1. The first kappa shape index (κ1) is 20.8. The molecule has 0 aliphatic rings. The van der Waals surface area contributed by atoms with Crippen LogP contribution in [0.2, 0.25) is 5.02 Å². The third-order valence-electron chi connectivity index (χ3n) is 5.32. The Morgan fingerprint density at radius 2 is 2.03 bits per heavy atom. The zero-order chi connectivity index (χ0) is 22.0. The van der Waals surface area contributed by atoms with Crippen molar-refractivity contribution in [2.24, 2.45) is 4.99 Å². The van der Waals surface area contributed by atoms with Crippen molar-refractivity contribution in [3.8, 4) is 5.69 Å². The van der Waals surface area contributed by atoms with E-state index in [1.54, 1.807) is 23.2 Å². The van der Waals surface area contributed by atoms with Crippen LogP contribution < -0.4 is 16.3 Å². The maximum Gasteiger partial charge on any atom is 0.264 e. The fourth-order valence-electron chi connectivity index (χ4n) is 3.88. The molecule has 2 heterocycles. The van der Waals surface area contributed by atoms with Crippen molar-refractivity contribution in [1.82, 2.24) is 14.5 Å². The number of rotatable bonds is 5. The molecule has 0 aliphatic heterocycles. The summed E-state index contributed by atoms with van der Waals surface area (Å²) in [4.78, 5) is 25.5. The van der Waals surface area contributed by atoms with Gasteiger partial charge in [-0.2, -0.15) is 0 Å². The summed E-state index contributed by atoms with van der Waals surface area (Å²) in [6.45, 7) is 7.97. The number of fused-ring (bicyclic) bond motifs is 1. The van der Waals surface area contributed by atoms with E-state index in [0.29, 0.717) is 16.8 Å². The SMILES string of the molecule is C=c1[nH]cn/c1=C(C[C@@H](C)c1cc2cccc(Cl)c2c(=O)n1-c1ccccc1)/N=C\C. The molecule has 2 aromatic heterocycles. The predicted octanol–water partition coefficient (Wildman–Crippen LogP) is 4.17. The summed E-state index contributed by atoms with van der Waals surface area (Å²) in [7, 11) is 0. The Balaban J connectivity index is 1.96. The van der Waals surface area contributed by atoms with Gasteiger partial charge in [-0.25, -0.2) is 4.98 Å². The zero-order valence-electron chi connectivity index (χ0n) is 17.5. The molecule has 156 valence electrons. The van der Waals surface area contributed by atoms with Crippen molar-refractivity contribution in [1.29, 1.82) is 0 Å². The number of benzene rings is 2. The van der Waals surface area contributed by atoms with Crippen LogP contribution in [-0.4, -0.2) is 20.7 Å². The molecule has 0 radical (unpaired) electrons. The zero-order valence-corrected chi connectivity index (χ0v) is 18.2. The predicted molar refractivity (Wildman–Crippen MR) is 129 cm³/mol. The number of hydrogen-bond donors (Lipinski definition) is 1. The molecule has 0 saturated carbocycles. The largest absolute Gasteiger partial charge is 0.345 e. The smallest absolute Gasteiger partial charge is 0.264 e. The van der Waals surface area contributed by atoms with E-state index >= 15 is 0 Å². The van der Waals surface area contributed by atoms with Gasteiger partial charge in [0, 0.05) is 23.5 Å². The Hall–Kier alpha value is -3.44. The standard InChI is InChI=1S/C25H23ClN4O/c1-4-27-21(24-17(3)28-15-29-24)13-16(2)22-14-18-9-8-12-20(26)23(18)25(31)30(22)19-10-6-5-7-11-19/h4-12,14-16H,3,13H2,1-2H3,(H,28,29)/b24-21+,27-4-/t16-/m1/s1. The molecule has 0 unspecified atom stereocenters. The van der Waals surface area contributed by atoms with Crippen LogP contribution in [0.4, 0.5) is 0 Å². The van der Waals surface area contributed by atoms with Crippen molar-refractivity contribution in [2.75, 3.05) is 0 Å². The van der Waals surface area contributed by atoms with Crippen LogP contribution in [-0.2, 0) is 0 Å². The van der Waals surface area contributed by atoms with Gasteiger partial charge in [-0.1, -0.05) is 55.4 Å². The Bertz CT molecular complexity index is 1430. The second-order valence-electron chi connectivity index (χ2n) is 7.42. The first-order valence-electron chi connectivity index (χ1n) is 10.1. The first-order valence-corrected chi connectivity index (χ1v) is 10.5. The minimum Gasteiger partial charge on any atom is -0.345 e. The quantitative estimate of drug-likeness (QED) is 0.483. The first-order chi connectivity index (χ1) is 15.0. The van der Waals surface area contributed by atoms with E-state index in [4.69, 9.17) is 11.6 Å². The maximum absolute atomic E-state index is 13.6. The number of para-hydroxylation sites is 1. The van der Waals surface area contributed by atoms with Gasteiger partial charge in [0.25, 0.3) is 5.56 Å². The van der Waals surface area contributed by atoms with Gasteiger partial charge in [-0.15, -0.1) is 0 Å². The molecule has 31 heavy (non-hydrogen) atoms. The Kier molecular flexibility index (Phi) is 5.87. The van der Waals surface area contributed by atoms with Gasteiger partial charge in [-0.05, 0) is 43.0 Å². The molecule has 4 aromatic rings. The highest BCUT2D eigenvalue weighted by atomic mass is 35.5. The number of pyridine rings is 1. The van der Waals surface area contributed by atoms with E-state index in [1.165, 1.54) is 0 Å². The molecule has 4 rings (SSSR count). The fourth-order valence-corrected chi connectivity index (χ4v) is 4.14. The minimum atomic E-state index is -0.130. The van der Waals surface area contributed by atoms with Crippen LogP contribution in [0.1, 0.15) is 31.9 Å².